The average Bonchev–Trinajstić information content (AvgIpc) is 2.55. The summed E-state index contributed by atoms with van der Waals surface area (Å²) in [6, 6.07) is 5.69. The first-order chi connectivity index (χ1) is 10.6. The Hall–Kier alpha value is -2.15. The number of nitro benzene ring substituents is 1. The molecule has 0 saturated carbocycles. The maximum Gasteiger partial charge on any atom is 0.269 e. The summed E-state index contributed by atoms with van der Waals surface area (Å²) in [5.41, 5.74) is 6.79. The molecule has 1 aliphatic heterocycles. The van der Waals surface area contributed by atoms with E-state index < -0.39 is 11.0 Å². The molecule has 1 amide bonds. The number of piperidine rings is 1. The predicted molar refractivity (Wildman–Crippen MR) is 84.6 cm³/mol. The first-order valence-corrected chi connectivity index (χ1v) is 7.60. The lowest BCUT2D eigenvalue weighted by Crippen LogP contribution is -2.46. The standard InChI is InChI=1S/C15H22N4O3/c16-14(15(20)18-10-2-1-3-11-18)8-9-17-12-4-6-13(7-5-12)19(21)22/h4-7,14,17H,1-3,8-11,16H2. The monoisotopic (exact) mass is 306 g/mol. The fourth-order valence-corrected chi connectivity index (χ4v) is 2.55. The van der Waals surface area contributed by atoms with Crippen LogP contribution in [0.15, 0.2) is 24.3 Å². The Morgan fingerprint density at radius 2 is 1.91 bits per heavy atom. The van der Waals surface area contributed by atoms with Crippen LogP contribution in [-0.2, 0) is 4.79 Å². The van der Waals surface area contributed by atoms with Gasteiger partial charge in [-0.25, -0.2) is 0 Å². The zero-order chi connectivity index (χ0) is 15.9. The minimum absolute atomic E-state index is 0.0187. The molecule has 0 bridgehead atoms. The second-order valence-electron chi connectivity index (χ2n) is 5.51. The van der Waals surface area contributed by atoms with E-state index in [1.54, 1.807) is 12.1 Å². The molecule has 1 aliphatic rings. The SMILES string of the molecule is NC(CCNc1ccc([N+](=O)[O-])cc1)C(=O)N1CCCCC1. The summed E-state index contributed by atoms with van der Waals surface area (Å²) in [5.74, 6) is 0.0187. The van der Waals surface area contributed by atoms with Gasteiger partial charge in [0.05, 0.1) is 11.0 Å². The topological polar surface area (TPSA) is 101 Å². The third-order valence-electron chi connectivity index (χ3n) is 3.85. The van der Waals surface area contributed by atoms with E-state index in [0.29, 0.717) is 13.0 Å². The number of hydrogen-bond donors (Lipinski definition) is 2. The van der Waals surface area contributed by atoms with E-state index in [1.807, 2.05) is 4.90 Å². The van der Waals surface area contributed by atoms with Crippen molar-refractivity contribution in [3.8, 4) is 0 Å². The molecule has 7 heteroatoms. The number of nitrogens with two attached hydrogens (primary N) is 1. The molecule has 3 N–H and O–H groups in total. The summed E-state index contributed by atoms with van der Waals surface area (Å²) in [4.78, 5) is 24.1. The molecule has 0 aliphatic carbocycles. The lowest BCUT2D eigenvalue weighted by atomic mass is 10.1. The van der Waals surface area contributed by atoms with Crippen molar-refractivity contribution in [1.29, 1.82) is 0 Å². The van der Waals surface area contributed by atoms with Crippen LogP contribution in [0.25, 0.3) is 0 Å². The van der Waals surface area contributed by atoms with Crippen LogP contribution in [0.1, 0.15) is 25.7 Å². The zero-order valence-electron chi connectivity index (χ0n) is 12.5. The first kappa shape index (κ1) is 16.2. The average molecular weight is 306 g/mol. The summed E-state index contributed by atoms with van der Waals surface area (Å²) in [6.07, 6.45) is 3.83. The van der Waals surface area contributed by atoms with E-state index in [4.69, 9.17) is 5.73 Å². The minimum atomic E-state index is -0.497. The van der Waals surface area contributed by atoms with Gasteiger partial charge >= 0.3 is 0 Å². The molecule has 0 spiro atoms. The molecule has 0 radical (unpaired) electrons. The molecule has 7 nitrogen and oxygen atoms in total. The normalized spacial score (nSPS) is 16.1. The van der Waals surface area contributed by atoms with Crippen molar-refractivity contribution in [3.05, 3.63) is 34.4 Å². The van der Waals surface area contributed by atoms with Gasteiger partial charge in [-0.15, -0.1) is 0 Å². The van der Waals surface area contributed by atoms with Crippen molar-refractivity contribution in [2.45, 2.75) is 31.7 Å². The number of nitrogens with one attached hydrogen (secondary N) is 1. The molecule has 120 valence electrons. The van der Waals surface area contributed by atoms with Crippen molar-refractivity contribution < 1.29 is 9.72 Å². The summed E-state index contributed by atoms with van der Waals surface area (Å²) < 4.78 is 0. The van der Waals surface area contributed by atoms with Gasteiger partial charge in [-0.05, 0) is 37.8 Å². The van der Waals surface area contributed by atoms with Crippen LogP contribution in [0, 0.1) is 10.1 Å². The third kappa shape index (κ3) is 4.42. The van der Waals surface area contributed by atoms with E-state index in [2.05, 4.69) is 5.32 Å². The molecule has 1 saturated heterocycles. The molecule has 1 atom stereocenters. The highest BCUT2D eigenvalue weighted by atomic mass is 16.6. The zero-order valence-corrected chi connectivity index (χ0v) is 12.5. The number of anilines is 1. The Bertz CT molecular complexity index is 512. The van der Waals surface area contributed by atoms with Crippen molar-refractivity contribution in [3.63, 3.8) is 0 Å². The number of likely N-dealkylation sites (tertiary alicyclic amines) is 1. The van der Waals surface area contributed by atoms with Crippen molar-refractivity contribution in [1.82, 2.24) is 4.90 Å². The Balaban J connectivity index is 1.75. The summed E-state index contributed by atoms with van der Waals surface area (Å²) in [6.45, 7) is 2.17. The quantitative estimate of drug-likeness (QED) is 0.615. The molecule has 0 aromatic heterocycles. The molecular weight excluding hydrogens is 284 g/mol. The number of carbonyl (C=O) groups excluding carboxylic acids is 1. The fraction of sp³-hybridized carbons (Fsp3) is 0.533. The second-order valence-corrected chi connectivity index (χ2v) is 5.51. The van der Waals surface area contributed by atoms with Gasteiger partial charge in [-0.2, -0.15) is 0 Å². The van der Waals surface area contributed by atoms with Gasteiger partial charge in [0.15, 0.2) is 0 Å². The summed E-state index contributed by atoms with van der Waals surface area (Å²) >= 11 is 0. The van der Waals surface area contributed by atoms with Crippen LogP contribution in [0.4, 0.5) is 11.4 Å². The highest BCUT2D eigenvalue weighted by Gasteiger charge is 2.22. The Morgan fingerprint density at radius 3 is 2.50 bits per heavy atom. The van der Waals surface area contributed by atoms with E-state index in [1.165, 1.54) is 18.6 Å². The van der Waals surface area contributed by atoms with E-state index in [-0.39, 0.29) is 11.6 Å². The van der Waals surface area contributed by atoms with Crippen LogP contribution in [0.5, 0.6) is 0 Å². The molecule has 2 rings (SSSR count). The van der Waals surface area contributed by atoms with Crippen LogP contribution in [-0.4, -0.2) is 41.4 Å². The number of nitrogens with zero attached hydrogens (tertiary/aromatic N) is 2. The number of rotatable bonds is 6. The molecule has 1 heterocycles. The van der Waals surface area contributed by atoms with Crippen molar-refractivity contribution in [2.24, 2.45) is 5.73 Å². The van der Waals surface area contributed by atoms with Crippen LogP contribution >= 0.6 is 0 Å². The predicted octanol–water partition coefficient (Wildman–Crippen LogP) is 1.74. The smallest absolute Gasteiger partial charge is 0.269 e. The fourth-order valence-electron chi connectivity index (χ4n) is 2.55. The molecular formula is C15H22N4O3. The molecule has 22 heavy (non-hydrogen) atoms. The lowest BCUT2D eigenvalue weighted by molar-refractivity contribution is -0.384. The van der Waals surface area contributed by atoms with Gasteiger partial charge in [0, 0.05) is 37.5 Å². The number of hydrogen-bond acceptors (Lipinski definition) is 5. The maximum atomic E-state index is 12.2. The Labute approximate surface area is 129 Å². The Kier molecular flexibility index (Phi) is 5.71. The summed E-state index contributed by atoms with van der Waals surface area (Å²) in [7, 11) is 0. The molecule has 1 aromatic carbocycles. The minimum Gasteiger partial charge on any atom is -0.385 e. The van der Waals surface area contributed by atoms with Crippen LogP contribution in [0.3, 0.4) is 0 Å². The number of benzene rings is 1. The van der Waals surface area contributed by atoms with E-state index in [9.17, 15) is 14.9 Å². The number of carbonyl (C=O) groups is 1. The number of amides is 1. The van der Waals surface area contributed by atoms with E-state index in [0.717, 1.165) is 31.6 Å². The summed E-state index contributed by atoms with van der Waals surface area (Å²) in [5, 5.41) is 13.7. The van der Waals surface area contributed by atoms with Crippen molar-refractivity contribution in [2.75, 3.05) is 25.0 Å². The molecule has 1 aromatic rings. The number of non-ortho nitro benzene ring substituents is 1. The van der Waals surface area contributed by atoms with Gasteiger partial charge in [0.1, 0.15) is 0 Å². The van der Waals surface area contributed by atoms with Gasteiger partial charge in [-0.3, -0.25) is 14.9 Å². The van der Waals surface area contributed by atoms with E-state index >= 15 is 0 Å². The molecule has 1 unspecified atom stereocenters. The van der Waals surface area contributed by atoms with Gasteiger partial charge in [-0.1, -0.05) is 0 Å². The largest absolute Gasteiger partial charge is 0.385 e. The highest BCUT2D eigenvalue weighted by Crippen LogP contribution is 2.15. The highest BCUT2D eigenvalue weighted by molar-refractivity contribution is 5.81. The van der Waals surface area contributed by atoms with Crippen LogP contribution in [0.2, 0.25) is 0 Å². The first-order valence-electron chi connectivity index (χ1n) is 7.60. The Morgan fingerprint density at radius 1 is 1.27 bits per heavy atom. The van der Waals surface area contributed by atoms with Gasteiger partial charge in [0.25, 0.3) is 5.69 Å². The maximum absolute atomic E-state index is 12.2. The second kappa shape index (κ2) is 7.74. The van der Waals surface area contributed by atoms with Gasteiger partial charge in [0.2, 0.25) is 5.91 Å². The van der Waals surface area contributed by atoms with Gasteiger partial charge < -0.3 is 16.0 Å². The third-order valence-corrected chi connectivity index (χ3v) is 3.85. The number of nitro groups is 1. The lowest BCUT2D eigenvalue weighted by Gasteiger charge is -2.29. The van der Waals surface area contributed by atoms with Crippen molar-refractivity contribution >= 4 is 17.3 Å². The van der Waals surface area contributed by atoms with Crippen LogP contribution < -0.4 is 11.1 Å². The molecule has 1 fully saturated rings.